The number of likely N-dealkylation sites (N-methyl/N-ethyl adjacent to an activating group) is 1. The first-order chi connectivity index (χ1) is 11.5. The Hall–Kier alpha value is -2.30. The van der Waals surface area contributed by atoms with Crippen LogP contribution in [0.2, 0.25) is 0 Å². The molecule has 0 bridgehead atoms. The van der Waals surface area contributed by atoms with Crippen molar-refractivity contribution in [3.05, 3.63) is 46.8 Å². The lowest BCUT2D eigenvalue weighted by atomic mass is 10.1. The van der Waals surface area contributed by atoms with E-state index in [2.05, 4.69) is 31.2 Å². The number of carbonyl (C=O) groups excluding carboxylic acids is 1. The third kappa shape index (κ3) is 4.16. The van der Waals surface area contributed by atoms with Gasteiger partial charge in [-0.2, -0.15) is 5.10 Å². The summed E-state index contributed by atoms with van der Waals surface area (Å²) in [5, 5.41) is 7.47. The van der Waals surface area contributed by atoms with Gasteiger partial charge in [-0.1, -0.05) is 19.1 Å². The van der Waals surface area contributed by atoms with Gasteiger partial charge in [-0.25, -0.2) is 4.79 Å². The molecular formula is C19H28N4O. The normalized spacial score (nSPS) is 10.7. The van der Waals surface area contributed by atoms with Gasteiger partial charge in [0.05, 0.1) is 5.69 Å². The van der Waals surface area contributed by atoms with Crippen molar-refractivity contribution in [1.82, 2.24) is 14.7 Å². The topological polar surface area (TPSA) is 50.2 Å². The molecule has 0 aliphatic heterocycles. The zero-order valence-corrected chi connectivity index (χ0v) is 15.4. The Morgan fingerprint density at radius 3 is 2.42 bits per heavy atom. The molecule has 0 unspecified atom stereocenters. The molecule has 24 heavy (non-hydrogen) atoms. The van der Waals surface area contributed by atoms with Gasteiger partial charge in [-0.15, -0.1) is 0 Å². The summed E-state index contributed by atoms with van der Waals surface area (Å²) in [7, 11) is 1.82. The lowest BCUT2D eigenvalue weighted by molar-refractivity contribution is 0.223. The van der Waals surface area contributed by atoms with Crippen LogP contribution in [-0.2, 0) is 19.4 Å². The van der Waals surface area contributed by atoms with E-state index in [-0.39, 0.29) is 6.03 Å². The summed E-state index contributed by atoms with van der Waals surface area (Å²) >= 11 is 0. The van der Waals surface area contributed by atoms with Crippen molar-refractivity contribution in [3.63, 3.8) is 0 Å². The molecule has 0 atom stereocenters. The Kier molecular flexibility index (Phi) is 6.01. The number of aryl methyl sites for hydroxylation is 3. The average Bonchev–Trinajstić information content (AvgIpc) is 2.86. The summed E-state index contributed by atoms with van der Waals surface area (Å²) in [6.07, 6.45) is 1.81. The first-order valence-electron chi connectivity index (χ1n) is 8.60. The maximum absolute atomic E-state index is 12.3. The number of rotatable bonds is 6. The maximum atomic E-state index is 12.3. The van der Waals surface area contributed by atoms with E-state index in [1.807, 2.05) is 42.9 Å². The molecule has 2 amide bonds. The van der Waals surface area contributed by atoms with Crippen molar-refractivity contribution in [2.45, 2.75) is 47.1 Å². The molecule has 0 aliphatic rings. The molecule has 5 heteroatoms. The van der Waals surface area contributed by atoms with Crippen LogP contribution in [0.25, 0.3) is 0 Å². The molecule has 130 valence electrons. The highest BCUT2D eigenvalue weighted by Gasteiger charge is 2.14. The number of benzene rings is 1. The van der Waals surface area contributed by atoms with Gasteiger partial charge in [0.15, 0.2) is 0 Å². The van der Waals surface area contributed by atoms with Crippen LogP contribution in [0.5, 0.6) is 0 Å². The van der Waals surface area contributed by atoms with Gasteiger partial charge >= 0.3 is 6.03 Å². The van der Waals surface area contributed by atoms with Crippen molar-refractivity contribution in [1.29, 1.82) is 0 Å². The molecule has 0 saturated carbocycles. The summed E-state index contributed by atoms with van der Waals surface area (Å²) < 4.78 is 2.01. The van der Waals surface area contributed by atoms with Crippen LogP contribution in [0.4, 0.5) is 10.5 Å². The van der Waals surface area contributed by atoms with E-state index in [1.54, 1.807) is 4.90 Å². The molecule has 0 saturated heterocycles. The number of carbonyl (C=O) groups is 1. The molecule has 0 radical (unpaired) electrons. The van der Waals surface area contributed by atoms with Gasteiger partial charge in [-0.05, 0) is 56.9 Å². The van der Waals surface area contributed by atoms with Crippen LogP contribution in [0.3, 0.4) is 0 Å². The fourth-order valence-electron chi connectivity index (χ4n) is 2.83. The van der Waals surface area contributed by atoms with E-state index >= 15 is 0 Å². The molecule has 0 aliphatic carbocycles. The second-order valence-corrected chi connectivity index (χ2v) is 6.12. The Bertz CT molecular complexity index is 688. The molecule has 1 aromatic carbocycles. The van der Waals surface area contributed by atoms with Crippen molar-refractivity contribution >= 4 is 11.7 Å². The summed E-state index contributed by atoms with van der Waals surface area (Å²) in [4.78, 5) is 14.0. The SMILES string of the molecule is CCc1ccc(NC(=O)N(C)CCc2c(C)nn(CC)c2C)cc1. The minimum absolute atomic E-state index is 0.0857. The number of aromatic nitrogens is 2. The fourth-order valence-corrected chi connectivity index (χ4v) is 2.83. The Morgan fingerprint density at radius 2 is 1.88 bits per heavy atom. The maximum Gasteiger partial charge on any atom is 0.321 e. The van der Waals surface area contributed by atoms with Crippen molar-refractivity contribution < 1.29 is 4.79 Å². The smallest absolute Gasteiger partial charge is 0.321 e. The molecule has 1 heterocycles. The quantitative estimate of drug-likeness (QED) is 0.877. The highest BCUT2D eigenvalue weighted by atomic mass is 16.2. The van der Waals surface area contributed by atoms with Gasteiger partial charge < -0.3 is 10.2 Å². The zero-order valence-electron chi connectivity index (χ0n) is 15.4. The lowest BCUT2D eigenvalue weighted by Crippen LogP contribution is -2.33. The molecule has 1 aromatic heterocycles. The van der Waals surface area contributed by atoms with Crippen LogP contribution < -0.4 is 5.32 Å². The standard InChI is InChI=1S/C19H28N4O/c1-6-16-8-10-17(11-9-16)20-19(24)22(5)13-12-18-14(3)21-23(7-2)15(18)4/h8-11H,6-7,12-13H2,1-5H3,(H,20,24). The highest BCUT2D eigenvalue weighted by molar-refractivity contribution is 5.89. The molecule has 5 nitrogen and oxygen atoms in total. The summed E-state index contributed by atoms with van der Waals surface area (Å²) in [5.41, 5.74) is 5.58. The van der Waals surface area contributed by atoms with E-state index < -0.39 is 0 Å². The molecule has 0 fully saturated rings. The van der Waals surface area contributed by atoms with E-state index in [1.165, 1.54) is 16.8 Å². The minimum Gasteiger partial charge on any atom is -0.327 e. The number of amides is 2. The second kappa shape index (κ2) is 7.99. The summed E-state index contributed by atoms with van der Waals surface area (Å²) in [6.45, 7) is 9.86. The minimum atomic E-state index is -0.0857. The average molecular weight is 328 g/mol. The second-order valence-electron chi connectivity index (χ2n) is 6.12. The number of hydrogen-bond acceptors (Lipinski definition) is 2. The third-order valence-electron chi connectivity index (χ3n) is 4.49. The van der Waals surface area contributed by atoms with Crippen LogP contribution in [0.1, 0.15) is 36.4 Å². The molecule has 2 aromatic rings. The van der Waals surface area contributed by atoms with Crippen molar-refractivity contribution in [2.75, 3.05) is 18.9 Å². The third-order valence-corrected chi connectivity index (χ3v) is 4.49. The number of anilines is 1. The van der Waals surface area contributed by atoms with Crippen LogP contribution in [0.15, 0.2) is 24.3 Å². The van der Waals surface area contributed by atoms with E-state index in [9.17, 15) is 4.79 Å². The first kappa shape index (κ1) is 18.0. The Balaban J connectivity index is 1.93. The predicted octanol–water partition coefficient (Wildman–Crippen LogP) is 3.79. The fraction of sp³-hybridized carbons (Fsp3) is 0.474. The van der Waals surface area contributed by atoms with Gasteiger partial charge in [0.2, 0.25) is 0 Å². The van der Waals surface area contributed by atoms with E-state index in [0.29, 0.717) is 6.54 Å². The number of nitrogens with zero attached hydrogens (tertiary/aromatic N) is 3. The summed E-state index contributed by atoms with van der Waals surface area (Å²) in [5.74, 6) is 0. The van der Waals surface area contributed by atoms with Gasteiger partial charge in [-0.3, -0.25) is 4.68 Å². The lowest BCUT2D eigenvalue weighted by Gasteiger charge is -2.18. The van der Waals surface area contributed by atoms with E-state index in [4.69, 9.17) is 0 Å². The first-order valence-corrected chi connectivity index (χ1v) is 8.60. The van der Waals surface area contributed by atoms with Gasteiger partial charge in [0, 0.05) is 31.5 Å². The zero-order chi connectivity index (χ0) is 17.7. The van der Waals surface area contributed by atoms with Crippen LogP contribution >= 0.6 is 0 Å². The van der Waals surface area contributed by atoms with E-state index in [0.717, 1.165) is 30.8 Å². The largest absolute Gasteiger partial charge is 0.327 e. The Morgan fingerprint density at radius 1 is 1.21 bits per heavy atom. The number of urea groups is 1. The van der Waals surface area contributed by atoms with Crippen molar-refractivity contribution in [3.8, 4) is 0 Å². The molecular weight excluding hydrogens is 300 g/mol. The summed E-state index contributed by atoms with van der Waals surface area (Å²) in [6, 6.07) is 7.90. The molecule has 2 rings (SSSR count). The number of nitrogens with one attached hydrogen (secondary N) is 1. The monoisotopic (exact) mass is 328 g/mol. The Labute approximate surface area is 144 Å². The number of hydrogen-bond donors (Lipinski definition) is 1. The molecule has 0 spiro atoms. The highest BCUT2D eigenvalue weighted by Crippen LogP contribution is 2.15. The van der Waals surface area contributed by atoms with Crippen LogP contribution in [-0.4, -0.2) is 34.3 Å². The van der Waals surface area contributed by atoms with Gasteiger partial charge in [0.1, 0.15) is 0 Å². The molecule has 1 N–H and O–H groups in total. The van der Waals surface area contributed by atoms with Gasteiger partial charge in [0.25, 0.3) is 0 Å². The van der Waals surface area contributed by atoms with Crippen molar-refractivity contribution in [2.24, 2.45) is 0 Å². The van der Waals surface area contributed by atoms with Crippen LogP contribution in [0, 0.1) is 13.8 Å². The predicted molar refractivity (Wildman–Crippen MR) is 98.5 cm³/mol.